The van der Waals surface area contributed by atoms with Crippen molar-refractivity contribution in [1.82, 2.24) is 5.32 Å². The van der Waals surface area contributed by atoms with Crippen LogP contribution in [0.2, 0.25) is 0 Å². The summed E-state index contributed by atoms with van der Waals surface area (Å²) >= 11 is 0. The summed E-state index contributed by atoms with van der Waals surface area (Å²) in [4.78, 5) is 11.3. The minimum absolute atomic E-state index is 0.0171. The van der Waals surface area contributed by atoms with E-state index in [1.54, 1.807) is 7.11 Å². The molecule has 1 atom stereocenters. The normalized spacial score (nSPS) is 12.6. The lowest BCUT2D eigenvalue weighted by atomic mass is 10.0. The molecule has 0 saturated heterocycles. The van der Waals surface area contributed by atoms with Crippen LogP contribution in [-0.4, -0.2) is 24.2 Å². The summed E-state index contributed by atoms with van der Waals surface area (Å²) in [5, 5.41) is 14.6. The van der Waals surface area contributed by atoms with Crippen LogP contribution in [-0.2, 0) is 11.3 Å². The average molecular weight is 287 g/mol. The van der Waals surface area contributed by atoms with E-state index in [2.05, 4.69) is 5.32 Å². The molecule has 2 N–H and O–H groups in total. The summed E-state index contributed by atoms with van der Waals surface area (Å²) in [5.41, 5.74) is 0.988. The summed E-state index contributed by atoms with van der Waals surface area (Å²) in [6.07, 6.45) is 0. The maximum absolute atomic E-state index is 11.3. The Kier molecular flexibility index (Phi) is 4.81. The van der Waals surface area contributed by atoms with Gasteiger partial charge in [0, 0.05) is 12.1 Å². The molecule has 0 aliphatic heterocycles. The van der Waals surface area contributed by atoms with Crippen LogP contribution < -0.4 is 10.1 Å². The van der Waals surface area contributed by atoms with E-state index in [1.807, 2.05) is 50.2 Å². The third kappa shape index (κ3) is 3.34. The van der Waals surface area contributed by atoms with Gasteiger partial charge < -0.3 is 9.84 Å². The number of fused-ring (bicyclic) bond motifs is 1. The Bertz CT molecular complexity index is 637. The second kappa shape index (κ2) is 6.59. The van der Waals surface area contributed by atoms with Crippen LogP contribution in [0.1, 0.15) is 19.4 Å². The molecule has 0 radical (unpaired) electrons. The fraction of sp³-hybridized carbons (Fsp3) is 0.353. The lowest BCUT2D eigenvalue weighted by molar-refractivity contribution is -0.140. The highest BCUT2D eigenvalue weighted by Crippen LogP contribution is 2.28. The molecule has 0 aliphatic rings. The SMILES string of the molecule is COc1ccc2ccccc2c1CN[C@H](C(=O)O)C(C)C. The first-order valence-electron chi connectivity index (χ1n) is 7.05. The van der Waals surface area contributed by atoms with Crippen molar-refractivity contribution in [2.24, 2.45) is 5.92 Å². The van der Waals surface area contributed by atoms with E-state index in [-0.39, 0.29) is 5.92 Å². The van der Waals surface area contributed by atoms with Crippen molar-refractivity contribution in [1.29, 1.82) is 0 Å². The van der Waals surface area contributed by atoms with E-state index in [4.69, 9.17) is 4.74 Å². The predicted molar refractivity (Wildman–Crippen MR) is 83.6 cm³/mol. The van der Waals surface area contributed by atoms with Gasteiger partial charge in [0.15, 0.2) is 0 Å². The second-order valence-electron chi connectivity index (χ2n) is 5.41. The quantitative estimate of drug-likeness (QED) is 0.857. The van der Waals surface area contributed by atoms with Gasteiger partial charge in [0.1, 0.15) is 11.8 Å². The van der Waals surface area contributed by atoms with Crippen LogP contribution in [0.3, 0.4) is 0 Å². The summed E-state index contributed by atoms with van der Waals surface area (Å²) in [6, 6.07) is 11.4. The molecule has 0 heterocycles. The highest BCUT2D eigenvalue weighted by molar-refractivity contribution is 5.87. The Labute approximate surface area is 124 Å². The van der Waals surface area contributed by atoms with Gasteiger partial charge in [-0.2, -0.15) is 0 Å². The molecule has 4 heteroatoms. The third-order valence-electron chi connectivity index (χ3n) is 3.65. The summed E-state index contributed by atoms with van der Waals surface area (Å²) in [5.74, 6) is -0.0400. The van der Waals surface area contributed by atoms with Gasteiger partial charge in [0.25, 0.3) is 0 Å². The van der Waals surface area contributed by atoms with Crippen molar-refractivity contribution in [2.45, 2.75) is 26.4 Å². The number of carboxylic acids is 1. The largest absolute Gasteiger partial charge is 0.496 e. The van der Waals surface area contributed by atoms with E-state index < -0.39 is 12.0 Å². The standard InChI is InChI=1S/C17H21NO3/c1-11(2)16(17(19)20)18-10-14-13-7-5-4-6-12(13)8-9-15(14)21-3/h4-9,11,16,18H,10H2,1-3H3,(H,19,20)/t16-/m0/s1. The topological polar surface area (TPSA) is 58.6 Å². The van der Waals surface area contributed by atoms with E-state index >= 15 is 0 Å². The summed E-state index contributed by atoms with van der Waals surface area (Å²) in [6.45, 7) is 4.25. The van der Waals surface area contributed by atoms with Crippen LogP contribution in [0.15, 0.2) is 36.4 Å². The Balaban J connectivity index is 2.34. The minimum Gasteiger partial charge on any atom is -0.496 e. The number of nitrogens with one attached hydrogen (secondary N) is 1. The first-order chi connectivity index (χ1) is 10.0. The Hall–Kier alpha value is -2.07. The molecule has 2 aromatic carbocycles. The zero-order valence-electron chi connectivity index (χ0n) is 12.6. The van der Waals surface area contributed by atoms with Crippen molar-refractivity contribution in [3.05, 3.63) is 42.0 Å². The molecule has 0 amide bonds. The number of carbonyl (C=O) groups is 1. The minimum atomic E-state index is -0.829. The van der Waals surface area contributed by atoms with Crippen LogP contribution in [0.5, 0.6) is 5.75 Å². The monoisotopic (exact) mass is 287 g/mol. The molecule has 112 valence electrons. The molecular formula is C17H21NO3. The van der Waals surface area contributed by atoms with Gasteiger partial charge in [-0.25, -0.2) is 0 Å². The molecule has 4 nitrogen and oxygen atoms in total. The molecule has 0 aliphatic carbocycles. The lowest BCUT2D eigenvalue weighted by Crippen LogP contribution is -2.40. The number of carboxylic acid groups (broad SMARTS) is 1. The Morgan fingerprint density at radius 1 is 1.24 bits per heavy atom. The molecule has 0 spiro atoms. The Morgan fingerprint density at radius 3 is 2.57 bits per heavy atom. The number of methoxy groups -OCH3 is 1. The van der Waals surface area contributed by atoms with Crippen molar-refractivity contribution in [3.63, 3.8) is 0 Å². The number of ether oxygens (including phenoxy) is 1. The molecule has 0 fully saturated rings. The van der Waals surface area contributed by atoms with Gasteiger partial charge in [-0.3, -0.25) is 10.1 Å². The van der Waals surface area contributed by atoms with Crippen LogP contribution in [0, 0.1) is 5.92 Å². The maximum Gasteiger partial charge on any atom is 0.320 e. The van der Waals surface area contributed by atoms with Crippen LogP contribution >= 0.6 is 0 Å². The van der Waals surface area contributed by atoms with Gasteiger partial charge in [-0.1, -0.05) is 44.2 Å². The lowest BCUT2D eigenvalue weighted by Gasteiger charge is -2.20. The number of hydrogen-bond donors (Lipinski definition) is 2. The number of aliphatic carboxylic acids is 1. The van der Waals surface area contributed by atoms with Crippen molar-refractivity contribution in [3.8, 4) is 5.75 Å². The molecular weight excluding hydrogens is 266 g/mol. The smallest absolute Gasteiger partial charge is 0.320 e. The van der Waals surface area contributed by atoms with E-state index in [0.29, 0.717) is 6.54 Å². The average Bonchev–Trinajstić information content (AvgIpc) is 2.46. The van der Waals surface area contributed by atoms with Gasteiger partial charge in [0.05, 0.1) is 7.11 Å². The molecule has 0 bridgehead atoms. The van der Waals surface area contributed by atoms with E-state index in [0.717, 1.165) is 22.1 Å². The van der Waals surface area contributed by atoms with E-state index in [9.17, 15) is 9.90 Å². The fourth-order valence-corrected chi connectivity index (χ4v) is 2.51. The third-order valence-corrected chi connectivity index (χ3v) is 3.65. The first-order valence-corrected chi connectivity index (χ1v) is 7.05. The predicted octanol–water partition coefficient (Wildman–Crippen LogP) is 3.05. The molecule has 2 aromatic rings. The van der Waals surface area contributed by atoms with Crippen LogP contribution in [0.4, 0.5) is 0 Å². The first kappa shape index (κ1) is 15.3. The van der Waals surface area contributed by atoms with Gasteiger partial charge in [-0.15, -0.1) is 0 Å². The van der Waals surface area contributed by atoms with Crippen molar-refractivity contribution < 1.29 is 14.6 Å². The number of hydrogen-bond acceptors (Lipinski definition) is 3. The van der Waals surface area contributed by atoms with E-state index in [1.165, 1.54) is 0 Å². The Morgan fingerprint density at radius 2 is 1.95 bits per heavy atom. The molecule has 21 heavy (non-hydrogen) atoms. The second-order valence-corrected chi connectivity index (χ2v) is 5.41. The highest BCUT2D eigenvalue weighted by Gasteiger charge is 2.21. The summed E-state index contributed by atoms with van der Waals surface area (Å²) < 4.78 is 5.42. The summed E-state index contributed by atoms with van der Waals surface area (Å²) in [7, 11) is 1.63. The van der Waals surface area contributed by atoms with Crippen molar-refractivity contribution >= 4 is 16.7 Å². The zero-order chi connectivity index (χ0) is 15.4. The molecule has 0 aromatic heterocycles. The maximum atomic E-state index is 11.3. The van der Waals surface area contributed by atoms with Crippen molar-refractivity contribution in [2.75, 3.05) is 7.11 Å². The van der Waals surface area contributed by atoms with Gasteiger partial charge >= 0.3 is 5.97 Å². The number of rotatable bonds is 6. The molecule has 2 rings (SSSR count). The molecule has 0 saturated carbocycles. The van der Waals surface area contributed by atoms with Gasteiger partial charge in [0.2, 0.25) is 0 Å². The fourth-order valence-electron chi connectivity index (χ4n) is 2.51. The van der Waals surface area contributed by atoms with Crippen LogP contribution in [0.25, 0.3) is 10.8 Å². The highest BCUT2D eigenvalue weighted by atomic mass is 16.5. The van der Waals surface area contributed by atoms with Gasteiger partial charge in [-0.05, 0) is 22.8 Å². The number of benzene rings is 2. The zero-order valence-corrected chi connectivity index (χ0v) is 12.6. The molecule has 0 unspecified atom stereocenters.